The zero-order valence-electron chi connectivity index (χ0n) is 11.1. The van der Waals surface area contributed by atoms with E-state index >= 15 is 0 Å². The first-order valence-corrected chi connectivity index (χ1v) is 5.80. The molecule has 0 aliphatic rings. The molecule has 1 aromatic carbocycles. The molecule has 0 spiro atoms. The third-order valence-electron chi connectivity index (χ3n) is 2.46. The molecule has 0 aliphatic heterocycles. The molecule has 0 unspecified atom stereocenters. The Morgan fingerprint density at radius 2 is 1.95 bits per heavy atom. The number of nitrogens with zero attached hydrogens (tertiary/aromatic N) is 1. The van der Waals surface area contributed by atoms with Gasteiger partial charge in [-0.15, -0.1) is 0 Å². The van der Waals surface area contributed by atoms with Crippen LogP contribution in [0.15, 0.2) is 18.2 Å². The first-order chi connectivity index (χ1) is 8.91. The second kappa shape index (κ2) is 6.48. The van der Waals surface area contributed by atoms with Crippen molar-refractivity contribution < 1.29 is 9.59 Å². The topological polar surface area (TPSA) is 113 Å². The molecule has 7 heteroatoms. The third-order valence-corrected chi connectivity index (χ3v) is 2.46. The molecule has 1 rings (SSSR count). The minimum Gasteiger partial charge on any atom is -0.397 e. The Morgan fingerprint density at radius 1 is 1.26 bits per heavy atom. The van der Waals surface area contributed by atoms with Gasteiger partial charge in [0.05, 0.1) is 11.4 Å². The second-order valence-corrected chi connectivity index (χ2v) is 4.22. The molecular formula is C12H19N5O2. The lowest BCUT2D eigenvalue weighted by Gasteiger charge is -2.13. The van der Waals surface area contributed by atoms with Crippen LogP contribution < -0.4 is 22.1 Å². The normalized spacial score (nSPS) is 9.79. The largest absolute Gasteiger partial charge is 0.397 e. The van der Waals surface area contributed by atoms with Gasteiger partial charge in [0.15, 0.2) is 0 Å². The van der Waals surface area contributed by atoms with Gasteiger partial charge in [0.1, 0.15) is 0 Å². The summed E-state index contributed by atoms with van der Waals surface area (Å²) in [7, 11) is 3.34. The van der Waals surface area contributed by atoms with Crippen LogP contribution in [0.1, 0.15) is 10.4 Å². The maximum Gasteiger partial charge on any atom is 0.316 e. The van der Waals surface area contributed by atoms with Crippen LogP contribution in [0.4, 0.5) is 16.2 Å². The van der Waals surface area contributed by atoms with E-state index in [1.165, 1.54) is 11.0 Å². The van der Waals surface area contributed by atoms with Crippen LogP contribution in [0.25, 0.3) is 0 Å². The van der Waals surface area contributed by atoms with Crippen LogP contribution in [0.2, 0.25) is 0 Å². The van der Waals surface area contributed by atoms with Gasteiger partial charge < -0.3 is 27.0 Å². The summed E-state index contributed by atoms with van der Waals surface area (Å²) in [5, 5.41) is 5.77. The van der Waals surface area contributed by atoms with Gasteiger partial charge in [-0.3, -0.25) is 4.79 Å². The summed E-state index contributed by atoms with van der Waals surface area (Å²) in [6.45, 7) is 0.994. The standard InChI is InChI=1S/C12H19N5O2/c1-17(2)12(19)16-6-5-15-10-4-3-8(11(14)18)7-9(10)13/h3-4,7,15H,5-6,13H2,1-2H3,(H2,14,18)(H,16,19). The number of hydrogen-bond donors (Lipinski definition) is 4. The van der Waals surface area contributed by atoms with Gasteiger partial charge >= 0.3 is 6.03 Å². The van der Waals surface area contributed by atoms with E-state index in [4.69, 9.17) is 11.5 Å². The zero-order chi connectivity index (χ0) is 14.4. The van der Waals surface area contributed by atoms with Crippen LogP contribution in [0, 0.1) is 0 Å². The molecule has 7 nitrogen and oxygen atoms in total. The molecule has 6 N–H and O–H groups in total. The highest BCUT2D eigenvalue weighted by atomic mass is 16.2. The van der Waals surface area contributed by atoms with Crippen molar-refractivity contribution in [3.8, 4) is 0 Å². The molecule has 0 saturated heterocycles. The summed E-state index contributed by atoms with van der Waals surface area (Å²) in [5.74, 6) is -0.517. The van der Waals surface area contributed by atoms with Gasteiger partial charge in [0.2, 0.25) is 5.91 Å². The fourth-order valence-electron chi connectivity index (χ4n) is 1.40. The highest BCUT2D eigenvalue weighted by Crippen LogP contribution is 2.19. The number of nitrogens with one attached hydrogen (secondary N) is 2. The van der Waals surface area contributed by atoms with E-state index in [0.717, 1.165) is 0 Å². The number of nitrogen functional groups attached to an aromatic ring is 1. The summed E-state index contributed by atoms with van der Waals surface area (Å²) >= 11 is 0. The number of urea groups is 1. The van der Waals surface area contributed by atoms with Crippen LogP contribution >= 0.6 is 0 Å². The number of rotatable bonds is 5. The smallest absolute Gasteiger partial charge is 0.316 e. The van der Waals surface area contributed by atoms with Gasteiger partial charge in [-0.25, -0.2) is 4.79 Å². The summed E-state index contributed by atoms with van der Waals surface area (Å²) in [5.41, 5.74) is 12.4. The molecule has 0 bridgehead atoms. The summed E-state index contributed by atoms with van der Waals surface area (Å²) < 4.78 is 0. The maximum absolute atomic E-state index is 11.3. The average Bonchev–Trinajstić information content (AvgIpc) is 2.35. The molecule has 104 valence electrons. The van der Waals surface area contributed by atoms with Crippen molar-refractivity contribution in [2.45, 2.75) is 0 Å². The Bertz CT molecular complexity index is 473. The van der Waals surface area contributed by atoms with Crippen LogP contribution in [0.5, 0.6) is 0 Å². The lowest BCUT2D eigenvalue weighted by molar-refractivity contribution is 0.100. The van der Waals surface area contributed by atoms with Crippen molar-refractivity contribution in [1.29, 1.82) is 0 Å². The molecule has 1 aromatic rings. The number of benzene rings is 1. The van der Waals surface area contributed by atoms with Crippen molar-refractivity contribution >= 4 is 23.3 Å². The lowest BCUT2D eigenvalue weighted by atomic mass is 10.1. The third kappa shape index (κ3) is 4.38. The summed E-state index contributed by atoms with van der Waals surface area (Å²) in [4.78, 5) is 23.7. The number of carbonyl (C=O) groups is 2. The molecule has 0 aliphatic carbocycles. The van der Waals surface area contributed by atoms with Gasteiger partial charge in [-0.1, -0.05) is 0 Å². The molecule has 0 saturated carbocycles. The number of hydrogen-bond acceptors (Lipinski definition) is 4. The van der Waals surface area contributed by atoms with E-state index in [1.54, 1.807) is 26.2 Å². The SMILES string of the molecule is CN(C)C(=O)NCCNc1ccc(C(N)=O)cc1N. The van der Waals surface area contributed by atoms with E-state index in [1.807, 2.05) is 0 Å². The Labute approximate surface area is 111 Å². The quantitative estimate of drug-likeness (QED) is 0.445. The maximum atomic E-state index is 11.3. The summed E-state index contributed by atoms with van der Waals surface area (Å²) in [6.07, 6.45) is 0. The Balaban J connectivity index is 2.46. The molecule has 3 amide bonds. The second-order valence-electron chi connectivity index (χ2n) is 4.22. The minimum absolute atomic E-state index is 0.154. The van der Waals surface area contributed by atoms with Crippen molar-refractivity contribution in [3.05, 3.63) is 23.8 Å². The van der Waals surface area contributed by atoms with Crippen LogP contribution in [0.3, 0.4) is 0 Å². The number of anilines is 2. The van der Waals surface area contributed by atoms with Gasteiger partial charge in [0.25, 0.3) is 0 Å². The van der Waals surface area contributed by atoms with E-state index < -0.39 is 5.91 Å². The number of carbonyl (C=O) groups excluding carboxylic acids is 2. The van der Waals surface area contributed by atoms with Crippen molar-refractivity contribution in [3.63, 3.8) is 0 Å². The Hall–Kier alpha value is -2.44. The van der Waals surface area contributed by atoms with Crippen molar-refractivity contribution in [2.75, 3.05) is 38.2 Å². The monoisotopic (exact) mass is 265 g/mol. The predicted molar refractivity (Wildman–Crippen MR) is 74.9 cm³/mol. The molecule has 0 fully saturated rings. The molecule has 19 heavy (non-hydrogen) atoms. The predicted octanol–water partition coefficient (Wildman–Crippen LogP) is 0.0508. The highest BCUT2D eigenvalue weighted by Gasteiger charge is 2.05. The summed E-state index contributed by atoms with van der Waals surface area (Å²) in [6, 6.07) is 4.64. The number of amides is 3. The fraction of sp³-hybridized carbons (Fsp3) is 0.333. The Kier molecular flexibility index (Phi) is 4.99. The number of nitrogens with two attached hydrogens (primary N) is 2. The van der Waals surface area contributed by atoms with E-state index in [0.29, 0.717) is 30.0 Å². The molecule has 0 heterocycles. The minimum atomic E-state index is -0.517. The molecule has 0 aromatic heterocycles. The average molecular weight is 265 g/mol. The van der Waals surface area contributed by atoms with Crippen LogP contribution in [-0.4, -0.2) is 44.0 Å². The van der Waals surface area contributed by atoms with Crippen molar-refractivity contribution in [1.82, 2.24) is 10.2 Å². The van der Waals surface area contributed by atoms with E-state index in [2.05, 4.69) is 10.6 Å². The van der Waals surface area contributed by atoms with E-state index in [9.17, 15) is 9.59 Å². The first-order valence-electron chi connectivity index (χ1n) is 5.80. The first kappa shape index (κ1) is 14.6. The lowest BCUT2D eigenvalue weighted by Crippen LogP contribution is -2.37. The van der Waals surface area contributed by atoms with Crippen LogP contribution in [-0.2, 0) is 0 Å². The Morgan fingerprint density at radius 3 is 2.47 bits per heavy atom. The van der Waals surface area contributed by atoms with Crippen molar-refractivity contribution in [2.24, 2.45) is 5.73 Å². The molecular weight excluding hydrogens is 246 g/mol. The number of primary amides is 1. The van der Waals surface area contributed by atoms with Gasteiger partial charge in [0, 0.05) is 32.7 Å². The molecule has 0 atom stereocenters. The van der Waals surface area contributed by atoms with Gasteiger partial charge in [-0.05, 0) is 18.2 Å². The zero-order valence-corrected chi connectivity index (χ0v) is 11.1. The fourth-order valence-corrected chi connectivity index (χ4v) is 1.40. The van der Waals surface area contributed by atoms with Gasteiger partial charge in [-0.2, -0.15) is 0 Å². The molecule has 0 radical (unpaired) electrons. The van der Waals surface area contributed by atoms with E-state index in [-0.39, 0.29) is 6.03 Å². The highest BCUT2D eigenvalue weighted by molar-refractivity contribution is 5.94.